The van der Waals surface area contributed by atoms with Gasteiger partial charge in [-0.05, 0) is 18.1 Å². The average molecular weight is 332 g/mol. The first-order valence-corrected chi connectivity index (χ1v) is 7.83. The number of carbonyl (C=O) groups excluding carboxylic acids is 1. The number of carboxylic acids is 1. The van der Waals surface area contributed by atoms with E-state index in [2.05, 4.69) is 10.3 Å². The van der Waals surface area contributed by atoms with Gasteiger partial charge in [-0.3, -0.25) is 0 Å². The zero-order valence-corrected chi connectivity index (χ0v) is 13.1. The summed E-state index contributed by atoms with van der Waals surface area (Å²) in [4.78, 5) is 26.1. The van der Waals surface area contributed by atoms with E-state index >= 15 is 0 Å². The van der Waals surface area contributed by atoms with Gasteiger partial charge >= 0.3 is 12.1 Å². The number of ether oxygens (including phenoxy) is 1. The van der Waals surface area contributed by atoms with E-state index in [1.807, 2.05) is 36.4 Å². The number of aromatic nitrogens is 1. The molecule has 23 heavy (non-hydrogen) atoms. The van der Waals surface area contributed by atoms with Gasteiger partial charge in [0.1, 0.15) is 6.61 Å². The first-order chi connectivity index (χ1) is 11.1. The molecule has 7 heteroatoms. The van der Waals surface area contributed by atoms with E-state index < -0.39 is 12.1 Å². The van der Waals surface area contributed by atoms with Crippen LogP contribution in [0.1, 0.15) is 27.5 Å². The van der Waals surface area contributed by atoms with Gasteiger partial charge in [-0.2, -0.15) is 0 Å². The van der Waals surface area contributed by atoms with Gasteiger partial charge in [-0.1, -0.05) is 36.4 Å². The number of carbonyl (C=O) groups is 2. The lowest BCUT2D eigenvalue weighted by molar-refractivity contribution is 0.0696. The molecule has 0 saturated carbocycles. The highest BCUT2D eigenvalue weighted by atomic mass is 32.1. The summed E-state index contributed by atoms with van der Waals surface area (Å²) in [5.74, 6) is -1.03. The molecular weight excluding hydrogens is 316 g/mol. The lowest BCUT2D eigenvalue weighted by atomic mass is 10.2. The van der Waals surface area contributed by atoms with Crippen LogP contribution in [0.15, 0.2) is 41.8 Å². The molecule has 2 rings (SSSR count). The quantitative estimate of drug-likeness (QED) is 0.760. The molecule has 0 aliphatic carbocycles. The maximum atomic E-state index is 11.5. The normalized spacial score (nSPS) is 10.6. The van der Waals surface area contributed by atoms with Crippen molar-refractivity contribution in [1.29, 1.82) is 0 Å². The van der Waals surface area contributed by atoms with Crippen molar-refractivity contribution in [3.63, 3.8) is 0 Å². The summed E-state index contributed by atoms with van der Waals surface area (Å²) in [6, 6.07) is 9.44. The summed E-state index contributed by atoms with van der Waals surface area (Å²) in [5.41, 5.74) is 1.53. The molecule has 2 aromatic rings. The van der Waals surface area contributed by atoms with Gasteiger partial charge < -0.3 is 15.2 Å². The Morgan fingerprint density at radius 3 is 2.78 bits per heavy atom. The Morgan fingerprint density at radius 1 is 1.30 bits per heavy atom. The number of aromatic carboxylic acids is 1. The number of amides is 1. The second kappa shape index (κ2) is 8.70. The monoisotopic (exact) mass is 332 g/mol. The van der Waals surface area contributed by atoms with Gasteiger partial charge in [0.05, 0.1) is 5.69 Å². The zero-order chi connectivity index (χ0) is 16.5. The summed E-state index contributed by atoms with van der Waals surface area (Å²) < 4.78 is 5.07. The fourth-order valence-corrected chi connectivity index (χ4v) is 2.32. The second-order valence-electron chi connectivity index (χ2n) is 4.56. The third-order valence-electron chi connectivity index (χ3n) is 2.79. The van der Waals surface area contributed by atoms with Crippen molar-refractivity contribution in [2.24, 2.45) is 0 Å². The number of alkyl carbamates (subject to hydrolysis) is 1. The van der Waals surface area contributed by atoms with Crippen LogP contribution in [-0.4, -0.2) is 28.7 Å². The van der Waals surface area contributed by atoms with Gasteiger partial charge in [0.15, 0.2) is 0 Å². The smallest absolute Gasteiger partial charge is 0.407 e. The summed E-state index contributed by atoms with van der Waals surface area (Å²) in [6.45, 7) is 0.666. The van der Waals surface area contributed by atoms with E-state index in [0.717, 1.165) is 16.9 Å². The molecule has 0 radical (unpaired) electrons. The van der Waals surface area contributed by atoms with Crippen LogP contribution in [0.4, 0.5) is 4.79 Å². The van der Waals surface area contributed by atoms with Gasteiger partial charge in [-0.25, -0.2) is 14.6 Å². The van der Waals surface area contributed by atoms with Gasteiger partial charge in [0, 0.05) is 11.9 Å². The molecule has 1 amide bonds. The minimum absolute atomic E-state index is 0.0623. The summed E-state index contributed by atoms with van der Waals surface area (Å²) in [5, 5.41) is 13.1. The van der Waals surface area contributed by atoms with Crippen molar-refractivity contribution in [3.8, 4) is 0 Å². The standard InChI is InChI=1S/C16H16N2O4S/c19-15(20)14-18-13(11-23-14)8-4-5-9-17-16(21)22-10-12-6-2-1-3-7-12/h1-4,6-8,11H,5,9-10H2,(H,17,21)(H,19,20). The maximum Gasteiger partial charge on any atom is 0.407 e. The van der Waals surface area contributed by atoms with Crippen LogP contribution in [0.2, 0.25) is 0 Å². The van der Waals surface area contributed by atoms with E-state index in [4.69, 9.17) is 9.84 Å². The number of rotatable bonds is 7. The third kappa shape index (κ3) is 5.91. The van der Waals surface area contributed by atoms with Crippen LogP contribution in [0.5, 0.6) is 0 Å². The average Bonchev–Trinajstić information content (AvgIpc) is 3.03. The summed E-state index contributed by atoms with van der Waals surface area (Å²) >= 11 is 1.08. The maximum absolute atomic E-state index is 11.5. The predicted octanol–water partition coefficient (Wildman–Crippen LogP) is 3.17. The summed E-state index contributed by atoms with van der Waals surface area (Å²) in [7, 11) is 0. The largest absolute Gasteiger partial charge is 0.476 e. The predicted molar refractivity (Wildman–Crippen MR) is 87.4 cm³/mol. The lowest BCUT2D eigenvalue weighted by Crippen LogP contribution is -2.24. The molecule has 0 saturated heterocycles. The molecule has 6 nitrogen and oxygen atoms in total. The highest BCUT2D eigenvalue weighted by Crippen LogP contribution is 2.11. The topological polar surface area (TPSA) is 88.5 Å². The molecule has 0 bridgehead atoms. The van der Waals surface area contributed by atoms with Crippen LogP contribution < -0.4 is 5.32 Å². The Bertz CT molecular complexity index is 682. The zero-order valence-electron chi connectivity index (χ0n) is 12.3. The van der Waals surface area contributed by atoms with Crippen LogP contribution in [0.25, 0.3) is 6.08 Å². The fourth-order valence-electron chi connectivity index (χ4n) is 1.70. The Kier molecular flexibility index (Phi) is 6.31. The molecule has 0 unspecified atom stereocenters. The second-order valence-corrected chi connectivity index (χ2v) is 5.42. The molecule has 1 heterocycles. The first kappa shape index (κ1) is 16.7. The van der Waals surface area contributed by atoms with E-state index in [9.17, 15) is 9.59 Å². The molecular formula is C16H16N2O4S. The molecule has 0 atom stereocenters. The Labute approximate surface area is 137 Å². The number of carboxylic acid groups (broad SMARTS) is 1. The number of hydrogen-bond acceptors (Lipinski definition) is 5. The molecule has 0 spiro atoms. The van der Waals surface area contributed by atoms with Gasteiger partial charge in [0.2, 0.25) is 5.01 Å². The minimum Gasteiger partial charge on any atom is -0.476 e. The third-order valence-corrected chi connectivity index (χ3v) is 3.64. The van der Waals surface area contributed by atoms with Gasteiger partial charge in [-0.15, -0.1) is 11.3 Å². The number of nitrogens with one attached hydrogen (secondary N) is 1. The van der Waals surface area contributed by atoms with Crippen LogP contribution in [0, 0.1) is 0 Å². The number of hydrogen-bond donors (Lipinski definition) is 2. The van der Waals surface area contributed by atoms with E-state index in [1.165, 1.54) is 0 Å². The Hall–Kier alpha value is -2.67. The SMILES string of the molecule is O=C(NCCC=Cc1csc(C(=O)O)n1)OCc1ccccc1. The molecule has 2 N–H and O–H groups in total. The highest BCUT2D eigenvalue weighted by Gasteiger charge is 2.06. The number of nitrogens with zero attached hydrogens (tertiary/aromatic N) is 1. The summed E-state index contributed by atoms with van der Waals surface area (Å²) in [6.07, 6.45) is 3.67. The minimum atomic E-state index is -1.03. The molecule has 0 aliphatic rings. The van der Waals surface area contributed by atoms with Crippen molar-refractivity contribution in [3.05, 3.63) is 58.1 Å². The van der Waals surface area contributed by atoms with Gasteiger partial charge in [0.25, 0.3) is 0 Å². The first-order valence-electron chi connectivity index (χ1n) is 6.95. The van der Waals surface area contributed by atoms with Crippen LogP contribution in [0.3, 0.4) is 0 Å². The van der Waals surface area contributed by atoms with Crippen molar-refractivity contribution >= 4 is 29.5 Å². The van der Waals surface area contributed by atoms with E-state index in [0.29, 0.717) is 18.7 Å². The van der Waals surface area contributed by atoms with Crippen molar-refractivity contribution in [1.82, 2.24) is 10.3 Å². The molecule has 0 fully saturated rings. The Balaban J connectivity index is 1.63. The Morgan fingerprint density at radius 2 is 2.09 bits per heavy atom. The number of benzene rings is 1. The van der Waals surface area contributed by atoms with E-state index in [-0.39, 0.29) is 11.6 Å². The number of thiazole rings is 1. The fraction of sp³-hybridized carbons (Fsp3) is 0.188. The van der Waals surface area contributed by atoms with Crippen molar-refractivity contribution in [2.45, 2.75) is 13.0 Å². The molecule has 1 aromatic carbocycles. The lowest BCUT2D eigenvalue weighted by Gasteiger charge is -2.05. The van der Waals surface area contributed by atoms with Crippen LogP contribution in [-0.2, 0) is 11.3 Å². The molecule has 1 aromatic heterocycles. The molecule has 120 valence electrons. The van der Waals surface area contributed by atoms with Crippen molar-refractivity contribution < 1.29 is 19.4 Å². The van der Waals surface area contributed by atoms with Crippen molar-refractivity contribution in [2.75, 3.05) is 6.54 Å². The highest BCUT2D eigenvalue weighted by molar-refractivity contribution is 7.11. The van der Waals surface area contributed by atoms with E-state index in [1.54, 1.807) is 11.5 Å². The molecule has 0 aliphatic heterocycles. The van der Waals surface area contributed by atoms with Crippen LogP contribution >= 0.6 is 11.3 Å².